The summed E-state index contributed by atoms with van der Waals surface area (Å²) in [4.78, 5) is -0.213. The molecule has 2 aromatic rings. The van der Waals surface area contributed by atoms with Crippen molar-refractivity contribution in [1.29, 1.82) is 0 Å². The van der Waals surface area contributed by atoms with Crippen LogP contribution >= 0.6 is 0 Å². The number of nitrogens with two attached hydrogens (primary N) is 2. The molecule has 0 saturated heterocycles. The monoisotopic (exact) mass is 296 g/mol. The van der Waals surface area contributed by atoms with E-state index in [1.54, 1.807) is 6.92 Å². The Kier molecular flexibility index (Phi) is 3.65. The van der Waals surface area contributed by atoms with Crippen LogP contribution < -0.4 is 15.6 Å². The van der Waals surface area contributed by atoms with Gasteiger partial charge in [0.25, 0.3) is 0 Å². The van der Waals surface area contributed by atoms with Crippen LogP contribution in [0.2, 0.25) is 0 Å². The van der Waals surface area contributed by atoms with Crippen molar-refractivity contribution in [3.63, 3.8) is 0 Å². The third kappa shape index (κ3) is 2.89. The van der Waals surface area contributed by atoms with Crippen LogP contribution in [0.1, 0.15) is 5.56 Å². The number of nitrogen functional groups attached to an aromatic ring is 1. The summed E-state index contributed by atoms with van der Waals surface area (Å²) in [7, 11) is -3.93. The molecule has 5 nitrogen and oxygen atoms in total. The molecule has 0 heterocycles. The summed E-state index contributed by atoms with van der Waals surface area (Å²) < 4.78 is 41.3. The number of primary sulfonamides is 1. The van der Waals surface area contributed by atoms with Crippen molar-refractivity contribution in [2.24, 2.45) is 5.14 Å². The van der Waals surface area contributed by atoms with Gasteiger partial charge >= 0.3 is 0 Å². The molecule has 0 bridgehead atoms. The second-order valence-corrected chi connectivity index (χ2v) is 5.75. The van der Waals surface area contributed by atoms with Crippen molar-refractivity contribution >= 4 is 15.7 Å². The highest BCUT2D eigenvalue weighted by molar-refractivity contribution is 7.89. The SMILES string of the molecule is Cc1cc(F)ccc1Oc1cccc(S(N)(=O)=O)c1N. The van der Waals surface area contributed by atoms with E-state index in [2.05, 4.69) is 0 Å². The van der Waals surface area contributed by atoms with E-state index in [0.29, 0.717) is 11.3 Å². The van der Waals surface area contributed by atoms with Crippen molar-refractivity contribution in [2.75, 3.05) is 5.73 Å². The van der Waals surface area contributed by atoms with Crippen LogP contribution in [-0.2, 0) is 10.0 Å². The summed E-state index contributed by atoms with van der Waals surface area (Å²) in [6.45, 7) is 1.66. The molecule has 2 rings (SSSR count). The molecule has 0 atom stereocenters. The Hall–Kier alpha value is -2.12. The molecule has 0 unspecified atom stereocenters. The summed E-state index contributed by atoms with van der Waals surface area (Å²) >= 11 is 0. The number of benzene rings is 2. The first-order valence-electron chi connectivity index (χ1n) is 5.64. The second-order valence-electron chi connectivity index (χ2n) is 4.22. The lowest BCUT2D eigenvalue weighted by Gasteiger charge is -2.12. The summed E-state index contributed by atoms with van der Waals surface area (Å²) in [6.07, 6.45) is 0. The quantitative estimate of drug-likeness (QED) is 0.848. The zero-order valence-electron chi connectivity index (χ0n) is 10.6. The Bertz CT molecular complexity index is 760. The molecule has 0 spiro atoms. The number of ether oxygens (including phenoxy) is 1. The van der Waals surface area contributed by atoms with Gasteiger partial charge in [-0.05, 0) is 42.8 Å². The molecule has 0 aromatic heterocycles. The van der Waals surface area contributed by atoms with Crippen LogP contribution in [0, 0.1) is 12.7 Å². The Morgan fingerprint density at radius 3 is 2.45 bits per heavy atom. The minimum atomic E-state index is -3.93. The lowest BCUT2D eigenvalue weighted by molar-refractivity contribution is 0.477. The molecule has 0 radical (unpaired) electrons. The highest BCUT2D eigenvalue weighted by atomic mass is 32.2. The third-order valence-corrected chi connectivity index (χ3v) is 3.66. The molecule has 2 aromatic carbocycles. The number of para-hydroxylation sites is 1. The van der Waals surface area contributed by atoms with E-state index in [1.165, 1.54) is 36.4 Å². The van der Waals surface area contributed by atoms with Gasteiger partial charge in [-0.3, -0.25) is 0 Å². The van der Waals surface area contributed by atoms with E-state index >= 15 is 0 Å². The van der Waals surface area contributed by atoms with Crippen LogP contribution in [0.3, 0.4) is 0 Å². The number of hydrogen-bond donors (Lipinski definition) is 2. The molecule has 7 heteroatoms. The zero-order valence-corrected chi connectivity index (χ0v) is 11.4. The van der Waals surface area contributed by atoms with Crippen molar-refractivity contribution in [1.82, 2.24) is 0 Å². The van der Waals surface area contributed by atoms with Crippen LogP contribution in [0.25, 0.3) is 0 Å². The van der Waals surface area contributed by atoms with Crippen molar-refractivity contribution in [3.8, 4) is 11.5 Å². The fourth-order valence-corrected chi connectivity index (χ4v) is 2.38. The van der Waals surface area contributed by atoms with Gasteiger partial charge in [0.2, 0.25) is 10.0 Å². The van der Waals surface area contributed by atoms with Crippen molar-refractivity contribution in [2.45, 2.75) is 11.8 Å². The first-order valence-corrected chi connectivity index (χ1v) is 7.19. The van der Waals surface area contributed by atoms with Gasteiger partial charge < -0.3 is 10.5 Å². The minimum absolute atomic E-state index is 0.0845. The van der Waals surface area contributed by atoms with Gasteiger partial charge in [0.15, 0.2) is 5.75 Å². The maximum Gasteiger partial charge on any atom is 0.240 e. The first-order chi connectivity index (χ1) is 9.29. The average molecular weight is 296 g/mol. The maximum atomic E-state index is 13.0. The predicted octanol–water partition coefficient (Wildman–Crippen LogP) is 2.16. The predicted molar refractivity (Wildman–Crippen MR) is 73.4 cm³/mol. The summed E-state index contributed by atoms with van der Waals surface area (Å²) in [5.74, 6) is 0.136. The molecule has 0 aliphatic rings. The second kappa shape index (κ2) is 5.10. The van der Waals surface area contributed by atoms with Gasteiger partial charge in [-0.25, -0.2) is 17.9 Å². The number of rotatable bonds is 3. The molecular formula is C13H13FN2O3S. The molecule has 106 valence electrons. The van der Waals surface area contributed by atoms with Gasteiger partial charge in [-0.2, -0.15) is 0 Å². The summed E-state index contributed by atoms with van der Waals surface area (Å²) in [5.41, 5.74) is 6.22. The van der Waals surface area contributed by atoms with Crippen LogP contribution in [-0.4, -0.2) is 8.42 Å². The average Bonchev–Trinajstić information content (AvgIpc) is 2.33. The Morgan fingerprint density at radius 2 is 1.85 bits per heavy atom. The topological polar surface area (TPSA) is 95.4 Å². The zero-order chi connectivity index (χ0) is 14.9. The molecule has 0 aliphatic carbocycles. The normalized spacial score (nSPS) is 11.3. The van der Waals surface area contributed by atoms with E-state index < -0.39 is 10.0 Å². The van der Waals surface area contributed by atoms with Gasteiger partial charge in [0.05, 0.1) is 5.69 Å². The molecule has 0 saturated carbocycles. The highest BCUT2D eigenvalue weighted by Gasteiger charge is 2.16. The van der Waals surface area contributed by atoms with E-state index in [1.807, 2.05) is 0 Å². The summed E-state index contributed by atoms with van der Waals surface area (Å²) in [5, 5.41) is 5.06. The van der Waals surface area contributed by atoms with Crippen molar-refractivity contribution < 1.29 is 17.5 Å². The maximum absolute atomic E-state index is 13.0. The number of halogens is 1. The molecule has 4 N–H and O–H groups in total. The van der Waals surface area contributed by atoms with Gasteiger partial charge in [-0.15, -0.1) is 0 Å². The van der Waals surface area contributed by atoms with E-state index in [-0.39, 0.29) is 22.1 Å². The molecular weight excluding hydrogens is 283 g/mol. The first kappa shape index (κ1) is 14.3. The highest BCUT2D eigenvalue weighted by Crippen LogP contribution is 2.33. The van der Waals surface area contributed by atoms with Gasteiger partial charge in [0.1, 0.15) is 16.5 Å². The van der Waals surface area contributed by atoms with Crippen LogP contribution in [0.15, 0.2) is 41.3 Å². The summed E-state index contributed by atoms with van der Waals surface area (Å²) in [6, 6.07) is 8.23. The number of anilines is 1. The number of aryl methyl sites for hydroxylation is 1. The van der Waals surface area contributed by atoms with Gasteiger partial charge in [0, 0.05) is 0 Å². The fraction of sp³-hybridized carbons (Fsp3) is 0.0769. The van der Waals surface area contributed by atoms with Crippen LogP contribution in [0.4, 0.5) is 10.1 Å². The van der Waals surface area contributed by atoms with E-state index in [4.69, 9.17) is 15.6 Å². The Morgan fingerprint density at radius 1 is 1.15 bits per heavy atom. The number of sulfonamides is 1. The van der Waals surface area contributed by atoms with E-state index in [9.17, 15) is 12.8 Å². The van der Waals surface area contributed by atoms with Gasteiger partial charge in [-0.1, -0.05) is 6.07 Å². The molecule has 20 heavy (non-hydrogen) atoms. The largest absolute Gasteiger partial charge is 0.455 e. The van der Waals surface area contributed by atoms with Crippen molar-refractivity contribution in [3.05, 3.63) is 47.8 Å². The van der Waals surface area contributed by atoms with Crippen LogP contribution in [0.5, 0.6) is 11.5 Å². The minimum Gasteiger partial charge on any atom is -0.455 e. The standard InChI is InChI=1S/C13H13FN2O3S/c1-8-7-9(14)5-6-10(8)19-11-3-2-4-12(13(11)15)20(16,17)18/h2-7H,15H2,1H3,(H2,16,17,18). The molecule has 0 aliphatic heterocycles. The number of hydrogen-bond acceptors (Lipinski definition) is 4. The Balaban J connectivity index is 2.45. The lowest BCUT2D eigenvalue weighted by Crippen LogP contribution is -2.14. The smallest absolute Gasteiger partial charge is 0.240 e. The lowest BCUT2D eigenvalue weighted by atomic mass is 10.2. The molecule has 0 fully saturated rings. The third-order valence-electron chi connectivity index (χ3n) is 2.69. The van der Waals surface area contributed by atoms with E-state index in [0.717, 1.165) is 0 Å². The fourth-order valence-electron chi connectivity index (χ4n) is 1.71. The molecule has 0 amide bonds. The Labute approximate surface area is 116 Å².